The maximum absolute atomic E-state index is 13.0. The molecule has 8 nitrogen and oxygen atoms in total. The van der Waals surface area contributed by atoms with Crippen molar-refractivity contribution in [2.45, 2.75) is 36.3 Å². The second kappa shape index (κ2) is 6.74. The summed E-state index contributed by atoms with van der Waals surface area (Å²) < 4.78 is 66.1. The molecular formula is C19H18F3N5O3S. The summed E-state index contributed by atoms with van der Waals surface area (Å²) in [4.78, 5) is 24.0. The number of nitrogens with zero attached hydrogens (tertiary/aromatic N) is 4. The molecular weight excluding hydrogens is 435 g/mol. The van der Waals surface area contributed by atoms with E-state index >= 15 is 0 Å². The van der Waals surface area contributed by atoms with E-state index in [1.165, 1.54) is 30.8 Å². The minimum absolute atomic E-state index is 0.0278. The fraction of sp³-hybridized carbons (Fsp3) is 0.368. The maximum atomic E-state index is 13.0. The predicted molar refractivity (Wildman–Crippen MR) is 105 cm³/mol. The highest BCUT2D eigenvalue weighted by Gasteiger charge is 2.50. The minimum Gasteiger partial charge on any atom is -0.369 e. The number of primary amides is 1. The molecule has 1 fully saturated rings. The van der Waals surface area contributed by atoms with Crippen LogP contribution in [-0.2, 0) is 33.3 Å². The molecule has 12 heteroatoms. The topological polar surface area (TPSA) is 121 Å². The van der Waals surface area contributed by atoms with E-state index in [4.69, 9.17) is 5.73 Å². The number of hydrogen-bond acceptors (Lipinski definition) is 6. The van der Waals surface area contributed by atoms with Gasteiger partial charge in [-0.1, -0.05) is 6.92 Å². The van der Waals surface area contributed by atoms with Gasteiger partial charge in [-0.3, -0.25) is 9.78 Å². The van der Waals surface area contributed by atoms with Crippen LogP contribution < -0.4 is 5.73 Å². The molecule has 0 spiro atoms. The second-order valence-corrected chi connectivity index (χ2v) is 9.73. The van der Waals surface area contributed by atoms with Gasteiger partial charge in [-0.05, 0) is 30.5 Å². The van der Waals surface area contributed by atoms with Crippen molar-refractivity contribution in [3.05, 3.63) is 35.7 Å². The summed E-state index contributed by atoms with van der Waals surface area (Å²) in [5.74, 6) is -0.757. The molecule has 0 radical (unpaired) electrons. The first kappa shape index (κ1) is 21.2. The van der Waals surface area contributed by atoms with Crippen molar-refractivity contribution in [3.8, 4) is 11.5 Å². The van der Waals surface area contributed by atoms with Crippen molar-refractivity contribution in [1.29, 1.82) is 0 Å². The number of fused-ring (bicyclic) bond motifs is 1. The summed E-state index contributed by atoms with van der Waals surface area (Å²) in [5, 5.41) is 0. The Morgan fingerprint density at radius 1 is 1.23 bits per heavy atom. The smallest absolute Gasteiger partial charge is 0.369 e. The Morgan fingerprint density at radius 3 is 2.45 bits per heavy atom. The lowest BCUT2D eigenvalue weighted by Crippen LogP contribution is -2.28. The van der Waals surface area contributed by atoms with E-state index < -0.39 is 32.9 Å². The summed E-state index contributed by atoms with van der Waals surface area (Å²) in [7, 11) is -2.30. The Hall–Kier alpha value is -3.02. The predicted octanol–water partition coefficient (Wildman–Crippen LogP) is 2.36. The number of hydrogen-bond donors (Lipinski definition) is 1. The first-order valence-corrected chi connectivity index (χ1v) is 11.0. The third-order valence-corrected chi connectivity index (χ3v) is 7.33. The number of carbonyl (C=O) groups excluding carboxylic acids is 1. The van der Waals surface area contributed by atoms with Crippen LogP contribution in [0.1, 0.15) is 30.9 Å². The van der Waals surface area contributed by atoms with Crippen LogP contribution in [0.4, 0.5) is 13.2 Å². The number of aryl methyl sites for hydroxylation is 1. The van der Waals surface area contributed by atoms with E-state index in [9.17, 15) is 26.4 Å². The van der Waals surface area contributed by atoms with Crippen molar-refractivity contribution in [2.24, 2.45) is 12.8 Å². The highest BCUT2D eigenvalue weighted by molar-refractivity contribution is 7.91. The first-order chi connectivity index (χ1) is 14.4. The number of aromatic nitrogens is 4. The number of amides is 1. The largest absolute Gasteiger partial charge is 0.417 e. The van der Waals surface area contributed by atoms with Crippen molar-refractivity contribution < 1.29 is 26.4 Å². The van der Waals surface area contributed by atoms with Crippen LogP contribution in [0.25, 0.3) is 22.7 Å². The molecule has 1 aliphatic carbocycles. The Bertz CT molecular complexity index is 1330. The van der Waals surface area contributed by atoms with Crippen LogP contribution in [0.5, 0.6) is 0 Å². The van der Waals surface area contributed by atoms with Crippen LogP contribution in [0.3, 0.4) is 0 Å². The quantitative estimate of drug-likeness (QED) is 0.633. The number of nitrogens with two attached hydrogens (primary N) is 1. The highest BCUT2D eigenvalue weighted by atomic mass is 32.2. The van der Waals surface area contributed by atoms with Crippen LogP contribution in [-0.4, -0.2) is 39.6 Å². The molecule has 1 amide bonds. The van der Waals surface area contributed by atoms with Crippen LogP contribution >= 0.6 is 0 Å². The van der Waals surface area contributed by atoms with Gasteiger partial charge in [0.05, 0.1) is 21.6 Å². The molecule has 164 valence electrons. The van der Waals surface area contributed by atoms with Gasteiger partial charge in [0.2, 0.25) is 5.91 Å². The lowest BCUT2D eigenvalue weighted by molar-refractivity contribution is -0.137. The summed E-state index contributed by atoms with van der Waals surface area (Å²) in [6.07, 6.45) is -1.55. The molecule has 0 atom stereocenters. The standard InChI is InChI=1S/C19H18F3N5O3S/c1-3-31(29,30)13-7-10(18(4-5-18)17(23)28)8-24-14(13)16-26-12-6-11(19(20,21)22)9-25-15(12)27(16)2/h6-9H,3-5H2,1-2H3,(H2,23,28). The zero-order chi connectivity index (χ0) is 22.8. The number of sulfone groups is 1. The van der Waals surface area contributed by atoms with Gasteiger partial charge in [-0.25, -0.2) is 18.4 Å². The maximum Gasteiger partial charge on any atom is 0.417 e. The van der Waals surface area contributed by atoms with Gasteiger partial charge in [0, 0.05) is 19.4 Å². The van der Waals surface area contributed by atoms with Crippen molar-refractivity contribution in [3.63, 3.8) is 0 Å². The van der Waals surface area contributed by atoms with Gasteiger partial charge in [-0.15, -0.1) is 0 Å². The van der Waals surface area contributed by atoms with Crippen molar-refractivity contribution in [2.75, 3.05) is 5.75 Å². The van der Waals surface area contributed by atoms with Gasteiger partial charge < -0.3 is 10.3 Å². The fourth-order valence-electron chi connectivity index (χ4n) is 3.51. The molecule has 1 aliphatic rings. The highest BCUT2D eigenvalue weighted by Crippen LogP contribution is 2.48. The summed E-state index contributed by atoms with van der Waals surface area (Å²) in [6.45, 7) is 1.46. The third-order valence-electron chi connectivity index (χ3n) is 5.59. The van der Waals surface area contributed by atoms with Gasteiger partial charge in [0.15, 0.2) is 21.3 Å². The van der Waals surface area contributed by atoms with E-state index in [2.05, 4.69) is 15.0 Å². The van der Waals surface area contributed by atoms with E-state index in [-0.39, 0.29) is 33.3 Å². The van der Waals surface area contributed by atoms with Crippen LogP contribution in [0, 0.1) is 0 Å². The van der Waals surface area contributed by atoms with Crippen LogP contribution in [0.2, 0.25) is 0 Å². The summed E-state index contributed by atoms with van der Waals surface area (Å²) >= 11 is 0. The van der Waals surface area contributed by atoms with Gasteiger partial charge in [0.1, 0.15) is 11.2 Å². The molecule has 31 heavy (non-hydrogen) atoms. The van der Waals surface area contributed by atoms with Gasteiger partial charge in [0.25, 0.3) is 0 Å². The Labute approximate surface area is 175 Å². The molecule has 1 saturated carbocycles. The average molecular weight is 453 g/mol. The van der Waals surface area contributed by atoms with Gasteiger partial charge >= 0.3 is 6.18 Å². The fourth-order valence-corrected chi connectivity index (χ4v) is 4.57. The zero-order valence-corrected chi connectivity index (χ0v) is 17.4. The van der Waals surface area contributed by atoms with E-state index in [0.29, 0.717) is 24.6 Å². The Kier molecular flexibility index (Phi) is 4.61. The molecule has 3 heterocycles. The number of alkyl halides is 3. The number of rotatable bonds is 5. The lowest BCUT2D eigenvalue weighted by Gasteiger charge is -2.15. The number of carbonyl (C=O) groups is 1. The molecule has 2 N–H and O–H groups in total. The van der Waals surface area contributed by atoms with Crippen LogP contribution in [0.15, 0.2) is 29.4 Å². The van der Waals surface area contributed by atoms with Crippen molar-refractivity contribution in [1.82, 2.24) is 19.5 Å². The number of pyridine rings is 2. The molecule has 3 aromatic heterocycles. The summed E-state index contributed by atoms with van der Waals surface area (Å²) in [5.41, 5.74) is 4.05. The number of halogens is 3. The van der Waals surface area contributed by atoms with E-state index in [0.717, 1.165) is 6.07 Å². The van der Waals surface area contributed by atoms with Gasteiger partial charge in [-0.2, -0.15) is 13.2 Å². The zero-order valence-electron chi connectivity index (χ0n) is 16.6. The summed E-state index contributed by atoms with van der Waals surface area (Å²) in [6, 6.07) is 2.22. The average Bonchev–Trinajstić information content (AvgIpc) is 3.46. The number of imidazole rings is 1. The second-order valence-electron chi connectivity index (χ2n) is 7.48. The molecule has 0 bridgehead atoms. The van der Waals surface area contributed by atoms with E-state index in [1.54, 1.807) is 0 Å². The Morgan fingerprint density at radius 2 is 1.90 bits per heavy atom. The lowest BCUT2D eigenvalue weighted by atomic mass is 9.97. The van der Waals surface area contributed by atoms with Crippen molar-refractivity contribution >= 4 is 26.9 Å². The molecule has 3 aromatic rings. The third kappa shape index (κ3) is 3.34. The normalized spacial score (nSPS) is 15.9. The molecule has 0 unspecified atom stereocenters. The Balaban J connectivity index is 1.94. The molecule has 0 aromatic carbocycles. The minimum atomic E-state index is -4.59. The molecule has 4 rings (SSSR count). The molecule has 0 aliphatic heterocycles. The SMILES string of the molecule is CCS(=O)(=O)c1cc(C2(C(N)=O)CC2)cnc1-c1nc2cc(C(F)(F)F)cnc2n1C. The van der Waals surface area contributed by atoms with E-state index in [1.807, 2.05) is 0 Å². The first-order valence-electron chi connectivity index (χ1n) is 9.34. The monoisotopic (exact) mass is 453 g/mol. The molecule has 0 saturated heterocycles.